The van der Waals surface area contributed by atoms with Gasteiger partial charge in [-0.25, -0.2) is 10.1 Å². The Labute approximate surface area is 257 Å². The second kappa shape index (κ2) is 12.8. The van der Waals surface area contributed by atoms with Crippen LogP contribution in [-0.2, 0) is 4.74 Å². The lowest BCUT2D eigenvalue weighted by Gasteiger charge is -2.24. The summed E-state index contributed by atoms with van der Waals surface area (Å²) in [6.07, 6.45) is 8.01. The third-order valence-corrected chi connectivity index (χ3v) is 7.47. The average Bonchev–Trinajstić information content (AvgIpc) is 3.54. The van der Waals surface area contributed by atoms with Crippen molar-refractivity contribution in [3.8, 4) is 11.8 Å². The molecule has 212 valence electrons. The van der Waals surface area contributed by atoms with Gasteiger partial charge in [0.1, 0.15) is 17.3 Å². The number of hydrogen-bond donors (Lipinski definition) is 0. The minimum absolute atomic E-state index is 0.0172. The Bertz CT molecular complexity index is 1890. The highest BCUT2D eigenvalue weighted by molar-refractivity contribution is 6.05. The van der Waals surface area contributed by atoms with Crippen molar-refractivity contribution in [1.29, 1.82) is 5.26 Å². The van der Waals surface area contributed by atoms with Crippen molar-refractivity contribution >= 4 is 23.2 Å². The summed E-state index contributed by atoms with van der Waals surface area (Å²) >= 11 is 0. The number of benzene rings is 4. The molecule has 6 heteroatoms. The summed E-state index contributed by atoms with van der Waals surface area (Å²) in [4.78, 5) is 3.40. The van der Waals surface area contributed by atoms with Gasteiger partial charge in [0.25, 0.3) is 5.70 Å². The van der Waals surface area contributed by atoms with Crippen molar-refractivity contribution in [3.05, 3.63) is 178 Å². The topological polar surface area (TPSA) is 62.2 Å². The summed E-state index contributed by atoms with van der Waals surface area (Å²) < 4.78 is 11.8. The van der Waals surface area contributed by atoms with E-state index in [0.717, 1.165) is 40.3 Å². The van der Waals surface area contributed by atoms with E-state index in [1.807, 2.05) is 85.0 Å². The van der Waals surface area contributed by atoms with Crippen LogP contribution in [0.4, 0.5) is 5.69 Å². The number of para-hydroxylation sites is 1. The van der Waals surface area contributed by atoms with Crippen molar-refractivity contribution in [2.24, 2.45) is 5.10 Å². The minimum Gasteiger partial charge on any atom is -0.496 e. The Morgan fingerprint density at radius 3 is 2.34 bits per heavy atom. The summed E-state index contributed by atoms with van der Waals surface area (Å²) in [5.41, 5.74) is 6.50. The van der Waals surface area contributed by atoms with Gasteiger partial charge in [-0.1, -0.05) is 91.0 Å². The van der Waals surface area contributed by atoms with Crippen LogP contribution in [0.3, 0.4) is 0 Å². The summed E-state index contributed by atoms with van der Waals surface area (Å²) in [5, 5.41) is 16.7. The van der Waals surface area contributed by atoms with Crippen LogP contribution in [-0.4, -0.2) is 12.8 Å². The van der Waals surface area contributed by atoms with Gasteiger partial charge in [-0.2, -0.15) is 5.10 Å². The Morgan fingerprint density at radius 2 is 1.64 bits per heavy atom. The predicted octanol–water partition coefficient (Wildman–Crippen LogP) is 8.72. The normalized spacial score (nSPS) is 17.1. The molecule has 0 bridgehead atoms. The number of hydrogen-bond acceptors (Lipinski definition) is 5. The third kappa shape index (κ3) is 5.92. The van der Waals surface area contributed by atoms with E-state index < -0.39 is 0 Å². The van der Waals surface area contributed by atoms with E-state index in [1.165, 1.54) is 5.56 Å². The van der Waals surface area contributed by atoms with E-state index in [-0.39, 0.29) is 11.7 Å². The molecule has 4 aromatic carbocycles. The summed E-state index contributed by atoms with van der Waals surface area (Å²) in [6.45, 7) is 7.42. The molecule has 0 amide bonds. The van der Waals surface area contributed by atoms with Crippen molar-refractivity contribution in [3.63, 3.8) is 0 Å². The van der Waals surface area contributed by atoms with Gasteiger partial charge in [0, 0.05) is 17.5 Å². The third-order valence-electron chi connectivity index (χ3n) is 7.47. The fourth-order valence-corrected chi connectivity index (χ4v) is 5.29. The number of methoxy groups -OCH3 is 1. The number of allylic oxidation sites excluding steroid dienone is 5. The number of anilines is 1. The van der Waals surface area contributed by atoms with E-state index in [1.54, 1.807) is 19.3 Å². The highest BCUT2D eigenvalue weighted by Gasteiger charge is 2.31. The molecule has 0 saturated carbocycles. The lowest BCUT2D eigenvalue weighted by molar-refractivity contribution is 0.396. The zero-order valence-electron chi connectivity index (χ0n) is 24.1. The van der Waals surface area contributed by atoms with Crippen LogP contribution < -0.4 is 9.75 Å². The monoisotopic (exact) mass is 572 g/mol. The van der Waals surface area contributed by atoms with E-state index in [4.69, 9.17) is 21.1 Å². The maximum Gasteiger partial charge on any atom is 0.269 e. The van der Waals surface area contributed by atoms with E-state index >= 15 is 0 Å². The molecule has 1 atom stereocenters. The Kier molecular flexibility index (Phi) is 8.16. The summed E-state index contributed by atoms with van der Waals surface area (Å²) in [6, 6.07) is 38.3. The molecular formula is C38H28N4O2. The van der Waals surface area contributed by atoms with Gasteiger partial charge in [0.05, 0.1) is 37.2 Å². The standard InChI is InChI=1S/C38H28N4O2/c1-40-35(26-39)30-23-32(44-38(24-30)29-13-7-4-8-14-29)22-19-27-17-20-31(21-18-27)42-36(28-11-5-3-6-12-28)25-34(41-42)33-15-9-10-16-37(33)43-2/h3-24,36H,25H2,2H3/b22-19+,35-30-. The molecular weight excluding hydrogens is 544 g/mol. The van der Waals surface area contributed by atoms with Crippen LogP contribution in [0.15, 0.2) is 150 Å². The highest BCUT2D eigenvalue weighted by Crippen LogP contribution is 2.38. The maximum absolute atomic E-state index is 9.49. The fraction of sp³-hybridized carbons (Fsp3) is 0.0789. The van der Waals surface area contributed by atoms with Gasteiger partial charge in [0.15, 0.2) is 0 Å². The number of ether oxygens (including phenoxy) is 2. The van der Waals surface area contributed by atoms with Crippen molar-refractivity contribution < 1.29 is 9.47 Å². The molecule has 6 nitrogen and oxygen atoms in total. The van der Waals surface area contributed by atoms with Gasteiger partial charge in [-0.15, -0.1) is 0 Å². The van der Waals surface area contributed by atoms with E-state index in [0.29, 0.717) is 17.1 Å². The summed E-state index contributed by atoms with van der Waals surface area (Å²) in [5.74, 6) is 1.93. The molecule has 2 aliphatic heterocycles. The second-order valence-electron chi connectivity index (χ2n) is 10.2. The van der Waals surface area contributed by atoms with Crippen LogP contribution in [0.25, 0.3) is 16.7 Å². The number of rotatable bonds is 7. The molecule has 2 heterocycles. The molecule has 6 rings (SSSR count). The molecule has 2 aliphatic rings. The van der Waals surface area contributed by atoms with Gasteiger partial charge in [0.2, 0.25) is 0 Å². The molecule has 0 fully saturated rings. The molecule has 0 N–H and O–H groups in total. The molecule has 0 spiro atoms. The molecule has 0 aromatic heterocycles. The van der Waals surface area contributed by atoms with Gasteiger partial charge in [-0.3, -0.25) is 5.01 Å². The molecule has 0 saturated heterocycles. The quantitative estimate of drug-likeness (QED) is 0.164. The average molecular weight is 573 g/mol. The molecule has 44 heavy (non-hydrogen) atoms. The molecule has 0 radical (unpaired) electrons. The van der Waals surface area contributed by atoms with Crippen LogP contribution in [0.1, 0.15) is 34.7 Å². The molecule has 1 unspecified atom stereocenters. The first-order valence-corrected chi connectivity index (χ1v) is 14.2. The van der Waals surface area contributed by atoms with Crippen LogP contribution in [0.2, 0.25) is 0 Å². The smallest absolute Gasteiger partial charge is 0.269 e. The Balaban J connectivity index is 1.28. The van der Waals surface area contributed by atoms with E-state index in [2.05, 4.69) is 52.3 Å². The maximum atomic E-state index is 9.49. The number of nitriles is 1. The first-order chi connectivity index (χ1) is 21.7. The van der Waals surface area contributed by atoms with E-state index in [9.17, 15) is 5.26 Å². The second-order valence-corrected chi connectivity index (χ2v) is 10.2. The van der Waals surface area contributed by atoms with Gasteiger partial charge >= 0.3 is 0 Å². The first kappa shape index (κ1) is 28.0. The lowest BCUT2D eigenvalue weighted by Crippen LogP contribution is -2.18. The van der Waals surface area contributed by atoms with Crippen molar-refractivity contribution in [2.45, 2.75) is 12.5 Å². The Morgan fingerprint density at radius 1 is 0.932 bits per heavy atom. The number of hydrazone groups is 1. The molecule has 0 aliphatic carbocycles. The van der Waals surface area contributed by atoms with Crippen molar-refractivity contribution in [1.82, 2.24) is 0 Å². The first-order valence-electron chi connectivity index (χ1n) is 14.2. The lowest BCUT2D eigenvalue weighted by atomic mass is 9.97. The Hall–Kier alpha value is -6.11. The van der Waals surface area contributed by atoms with Gasteiger partial charge in [-0.05, 0) is 59.2 Å². The summed E-state index contributed by atoms with van der Waals surface area (Å²) in [7, 11) is 1.69. The predicted molar refractivity (Wildman–Crippen MR) is 174 cm³/mol. The highest BCUT2D eigenvalue weighted by atomic mass is 16.5. The van der Waals surface area contributed by atoms with Crippen LogP contribution >= 0.6 is 0 Å². The zero-order chi connectivity index (χ0) is 30.3. The van der Waals surface area contributed by atoms with Gasteiger partial charge < -0.3 is 9.47 Å². The van der Waals surface area contributed by atoms with Crippen molar-refractivity contribution in [2.75, 3.05) is 12.1 Å². The van der Waals surface area contributed by atoms with Crippen LogP contribution in [0, 0.1) is 17.9 Å². The fourth-order valence-electron chi connectivity index (χ4n) is 5.29. The van der Waals surface area contributed by atoms with Crippen LogP contribution in [0.5, 0.6) is 5.75 Å². The minimum atomic E-state index is 0.0172. The zero-order valence-corrected chi connectivity index (χ0v) is 24.1. The largest absolute Gasteiger partial charge is 0.496 e. The SMILES string of the molecule is [C-]#[N+]/C(C#N)=C1C=C(/C=C/c2ccc(N3N=C(c4ccccc4OC)CC3c3ccccc3)cc2)OC(c2ccccc2)=C/1. The number of nitrogens with zero attached hydrogens (tertiary/aromatic N) is 4. The molecule has 4 aromatic rings.